The van der Waals surface area contributed by atoms with Crippen molar-refractivity contribution in [3.05, 3.63) is 0 Å². The van der Waals surface area contributed by atoms with Crippen molar-refractivity contribution in [2.24, 2.45) is 0 Å². The summed E-state index contributed by atoms with van der Waals surface area (Å²) in [6.07, 6.45) is -0.289. The molecule has 0 aliphatic carbocycles. The Morgan fingerprint density at radius 1 is 1.54 bits per heavy atom. The van der Waals surface area contributed by atoms with Gasteiger partial charge in [0.15, 0.2) is 0 Å². The van der Waals surface area contributed by atoms with Crippen molar-refractivity contribution >= 4 is 5.91 Å². The van der Waals surface area contributed by atoms with Gasteiger partial charge in [-0.05, 0) is 13.8 Å². The van der Waals surface area contributed by atoms with Crippen LogP contribution < -0.4 is 5.32 Å². The lowest BCUT2D eigenvalue weighted by Gasteiger charge is -2.29. The molecule has 1 saturated heterocycles. The maximum absolute atomic E-state index is 11.7. The first kappa shape index (κ1) is 10.5. The highest BCUT2D eigenvalue weighted by Gasteiger charge is 2.21. The van der Waals surface area contributed by atoms with E-state index < -0.39 is 0 Å². The van der Waals surface area contributed by atoms with Crippen LogP contribution in [0.1, 0.15) is 13.8 Å². The van der Waals surface area contributed by atoms with Gasteiger partial charge in [0.05, 0.1) is 0 Å². The smallest absolute Gasteiger partial charge is 0.251 e. The molecule has 76 valence electrons. The third-order valence-electron chi connectivity index (χ3n) is 2.19. The second kappa shape index (κ2) is 5.19. The molecule has 1 aliphatic rings. The number of nitrogens with one attached hydrogen (secondary N) is 1. The van der Waals surface area contributed by atoms with Crippen molar-refractivity contribution in [3.63, 3.8) is 0 Å². The van der Waals surface area contributed by atoms with Crippen LogP contribution >= 0.6 is 0 Å². The van der Waals surface area contributed by atoms with E-state index in [-0.39, 0.29) is 12.0 Å². The van der Waals surface area contributed by atoms with Gasteiger partial charge in [-0.2, -0.15) is 0 Å². The minimum absolute atomic E-state index is 0.114. The van der Waals surface area contributed by atoms with Gasteiger partial charge >= 0.3 is 0 Å². The van der Waals surface area contributed by atoms with Crippen LogP contribution in [0, 0.1) is 0 Å². The van der Waals surface area contributed by atoms with Crippen molar-refractivity contribution in [1.29, 1.82) is 0 Å². The van der Waals surface area contributed by atoms with Gasteiger partial charge in [-0.15, -0.1) is 0 Å². The zero-order chi connectivity index (χ0) is 9.68. The molecule has 0 aromatic rings. The van der Waals surface area contributed by atoms with E-state index in [1.54, 1.807) is 0 Å². The summed E-state index contributed by atoms with van der Waals surface area (Å²) in [5.74, 6) is 0.114. The molecule has 0 saturated carbocycles. The van der Waals surface area contributed by atoms with Crippen LogP contribution in [-0.4, -0.2) is 49.7 Å². The predicted molar refractivity (Wildman–Crippen MR) is 50.5 cm³/mol. The number of rotatable bonds is 3. The quantitative estimate of drug-likeness (QED) is 0.666. The molecule has 1 heterocycles. The zero-order valence-corrected chi connectivity index (χ0v) is 8.38. The molecule has 0 spiro atoms. The second-order valence-corrected chi connectivity index (χ2v) is 3.17. The monoisotopic (exact) mass is 186 g/mol. The number of hydrogen-bond donors (Lipinski definition) is 1. The van der Waals surface area contributed by atoms with E-state index in [0.29, 0.717) is 6.61 Å². The number of carbonyl (C=O) groups is 1. The molecule has 4 heteroatoms. The summed E-state index contributed by atoms with van der Waals surface area (Å²) < 4.78 is 5.25. The minimum Gasteiger partial charge on any atom is -0.369 e. The Hall–Kier alpha value is -0.610. The molecule has 0 aromatic carbocycles. The third kappa shape index (κ3) is 2.97. The first-order chi connectivity index (χ1) is 6.25. The lowest BCUT2D eigenvalue weighted by molar-refractivity contribution is -0.142. The van der Waals surface area contributed by atoms with Gasteiger partial charge < -0.3 is 15.0 Å². The first-order valence-electron chi connectivity index (χ1n) is 4.86. The summed E-state index contributed by atoms with van der Waals surface area (Å²) in [5, 5.41) is 3.21. The van der Waals surface area contributed by atoms with Crippen LogP contribution in [0.25, 0.3) is 0 Å². The van der Waals surface area contributed by atoms with E-state index in [4.69, 9.17) is 4.74 Å². The summed E-state index contributed by atoms with van der Waals surface area (Å²) in [5.41, 5.74) is 0. The molecule has 4 nitrogen and oxygen atoms in total. The molecule has 1 amide bonds. The number of hydrogen-bond acceptors (Lipinski definition) is 3. The lowest BCUT2D eigenvalue weighted by atomic mass is 10.3. The Morgan fingerprint density at radius 3 is 2.69 bits per heavy atom. The SMILES string of the molecule is CCO[C@H](C)C(=O)N1CCNCC1. The van der Waals surface area contributed by atoms with Gasteiger partial charge in [-0.25, -0.2) is 0 Å². The highest BCUT2D eigenvalue weighted by molar-refractivity contribution is 5.80. The lowest BCUT2D eigenvalue weighted by Crippen LogP contribution is -2.49. The van der Waals surface area contributed by atoms with E-state index in [1.165, 1.54) is 0 Å². The van der Waals surface area contributed by atoms with Gasteiger partial charge in [0.2, 0.25) is 0 Å². The van der Waals surface area contributed by atoms with Gasteiger partial charge in [-0.1, -0.05) is 0 Å². The normalized spacial score (nSPS) is 20.0. The van der Waals surface area contributed by atoms with Crippen LogP contribution in [0.3, 0.4) is 0 Å². The molecule has 1 N–H and O–H groups in total. The van der Waals surface area contributed by atoms with Gasteiger partial charge in [0, 0.05) is 32.8 Å². The molecule has 0 unspecified atom stereocenters. The Kier molecular flexibility index (Phi) is 4.18. The highest BCUT2D eigenvalue weighted by atomic mass is 16.5. The Balaban J connectivity index is 2.36. The fourth-order valence-electron chi connectivity index (χ4n) is 1.46. The van der Waals surface area contributed by atoms with Crippen LogP contribution in [0.4, 0.5) is 0 Å². The number of amides is 1. The fourth-order valence-corrected chi connectivity index (χ4v) is 1.46. The van der Waals surface area contributed by atoms with Crippen molar-refractivity contribution in [1.82, 2.24) is 10.2 Å². The third-order valence-corrected chi connectivity index (χ3v) is 2.19. The van der Waals surface area contributed by atoms with Gasteiger partial charge in [0.1, 0.15) is 6.10 Å². The second-order valence-electron chi connectivity index (χ2n) is 3.17. The molecule has 0 aromatic heterocycles. The minimum atomic E-state index is -0.289. The van der Waals surface area contributed by atoms with Gasteiger partial charge in [-0.3, -0.25) is 4.79 Å². The van der Waals surface area contributed by atoms with E-state index in [1.807, 2.05) is 18.7 Å². The van der Waals surface area contributed by atoms with Crippen molar-refractivity contribution in [2.45, 2.75) is 20.0 Å². The van der Waals surface area contributed by atoms with E-state index in [9.17, 15) is 4.79 Å². The van der Waals surface area contributed by atoms with E-state index in [0.717, 1.165) is 26.2 Å². The largest absolute Gasteiger partial charge is 0.369 e. The molecular formula is C9H18N2O2. The summed E-state index contributed by atoms with van der Waals surface area (Å²) >= 11 is 0. The van der Waals surface area contributed by atoms with Crippen molar-refractivity contribution < 1.29 is 9.53 Å². The van der Waals surface area contributed by atoms with Crippen LogP contribution in [0.2, 0.25) is 0 Å². The summed E-state index contributed by atoms with van der Waals surface area (Å²) in [6, 6.07) is 0. The van der Waals surface area contributed by atoms with Crippen LogP contribution in [0.15, 0.2) is 0 Å². The van der Waals surface area contributed by atoms with E-state index in [2.05, 4.69) is 5.32 Å². The molecule has 13 heavy (non-hydrogen) atoms. The molecule has 1 fully saturated rings. The molecule has 0 radical (unpaired) electrons. The fraction of sp³-hybridized carbons (Fsp3) is 0.889. The number of carbonyl (C=O) groups excluding carboxylic acids is 1. The molecule has 1 aliphatic heterocycles. The first-order valence-corrected chi connectivity index (χ1v) is 4.86. The predicted octanol–water partition coefficient (Wildman–Crippen LogP) is -0.157. The Labute approximate surface area is 79.2 Å². The van der Waals surface area contributed by atoms with Crippen LogP contribution in [0.5, 0.6) is 0 Å². The van der Waals surface area contributed by atoms with Crippen LogP contribution in [-0.2, 0) is 9.53 Å². The van der Waals surface area contributed by atoms with E-state index >= 15 is 0 Å². The molecule has 1 rings (SSSR count). The number of ether oxygens (including phenoxy) is 1. The summed E-state index contributed by atoms with van der Waals surface area (Å²) in [7, 11) is 0. The standard InChI is InChI=1S/C9H18N2O2/c1-3-13-8(2)9(12)11-6-4-10-5-7-11/h8,10H,3-7H2,1-2H3/t8-/m1/s1. The summed E-state index contributed by atoms with van der Waals surface area (Å²) in [4.78, 5) is 13.5. The number of piperazine rings is 1. The van der Waals surface area contributed by atoms with Crippen molar-refractivity contribution in [2.75, 3.05) is 32.8 Å². The average Bonchev–Trinajstić information content (AvgIpc) is 2.18. The topological polar surface area (TPSA) is 41.6 Å². The maximum atomic E-state index is 11.7. The average molecular weight is 186 g/mol. The Bertz CT molecular complexity index is 167. The molecule has 0 bridgehead atoms. The zero-order valence-electron chi connectivity index (χ0n) is 8.38. The highest BCUT2D eigenvalue weighted by Crippen LogP contribution is 2.00. The molecular weight excluding hydrogens is 168 g/mol. The summed E-state index contributed by atoms with van der Waals surface area (Å²) in [6.45, 7) is 7.70. The van der Waals surface area contributed by atoms with Crippen molar-refractivity contribution in [3.8, 4) is 0 Å². The number of nitrogens with zero attached hydrogens (tertiary/aromatic N) is 1. The Morgan fingerprint density at radius 2 is 2.15 bits per heavy atom. The maximum Gasteiger partial charge on any atom is 0.251 e. The van der Waals surface area contributed by atoms with Gasteiger partial charge in [0.25, 0.3) is 5.91 Å². The molecule has 1 atom stereocenters.